The Bertz CT molecular complexity index is 842. The highest BCUT2D eigenvalue weighted by Crippen LogP contribution is 2.28. The molecule has 1 aliphatic heterocycles. The van der Waals surface area contributed by atoms with Crippen LogP contribution in [0.3, 0.4) is 0 Å². The molecule has 1 fully saturated rings. The van der Waals surface area contributed by atoms with Crippen LogP contribution in [0.2, 0.25) is 5.02 Å². The predicted molar refractivity (Wildman–Crippen MR) is 103 cm³/mol. The van der Waals surface area contributed by atoms with Gasteiger partial charge in [-0.05, 0) is 48.7 Å². The van der Waals surface area contributed by atoms with Gasteiger partial charge in [0.15, 0.2) is 0 Å². The first-order valence-corrected chi connectivity index (χ1v) is 10.3. The fourth-order valence-electron chi connectivity index (χ4n) is 3.15. The van der Waals surface area contributed by atoms with Crippen molar-refractivity contribution in [2.24, 2.45) is 0 Å². The number of piperazine rings is 1. The van der Waals surface area contributed by atoms with Crippen LogP contribution in [0.25, 0.3) is 0 Å². The Morgan fingerprint density at radius 3 is 2.24 bits per heavy atom. The van der Waals surface area contributed by atoms with Gasteiger partial charge in [-0.3, -0.25) is 0 Å². The minimum atomic E-state index is -3.43. The molecule has 0 aliphatic carbocycles. The lowest BCUT2D eigenvalue weighted by atomic mass is 10.1. The van der Waals surface area contributed by atoms with E-state index in [0.717, 1.165) is 28.3 Å². The van der Waals surface area contributed by atoms with Crippen LogP contribution < -0.4 is 4.90 Å². The fraction of sp³-hybridized carbons (Fsp3) is 0.368. The summed E-state index contributed by atoms with van der Waals surface area (Å²) in [6.07, 6.45) is 0.901. The molecule has 0 unspecified atom stereocenters. The van der Waals surface area contributed by atoms with E-state index in [4.69, 9.17) is 11.6 Å². The van der Waals surface area contributed by atoms with Crippen molar-refractivity contribution < 1.29 is 8.42 Å². The van der Waals surface area contributed by atoms with E-state index in [1.54, 1.807) is 16.4 Å². The van der Waals surface area contributed by atoms with Crippen LogP contribution in [0.4, 0.5) is 5.69 Å². The number of hydrogen-bond donors (Lipinski definition) is 0. The maximum Gasteiger partial charge on any atom is 0.243 e. The molecule has 25 heavy (non-hydrogen) atoms. The molecule has 0 radical (unpaired) electrons. The molecule has 0 N–H and O–H groups in total. The van der Waals surface area contributed by atoms with Crippen molar-refractivity contribution in [3.05, 3.63) is 58.6 Å². The van der Waals surface area contributed by atoms with Crippen molar-refractivity contribution >= 4 is 27.3 Å². The summed E-state index contributed by atoms with van der Waals surface area (Å²) in [5.74, 6) is 0. The average molecular weight is 379 g/mol. The van der Waals surface area contributed by atoms with Crippen LogP contribution in [0.5, 0.6) is 0 Å². The molecule has 0 atom stereocenters. The van der Waals surface area contributed by atoms with Gasteiger partial charge in [0.05, 0.1) is 4.90 Å². The van der Waals surface area contributed by atoms with E-state index in [2.05, 4.69) is 11.8 Å². The van der Waals surface area contributed by atoms with Gasteiger partial charge in [0.25, 0.3) is 0 Å². The molecule has 4 nitrogen and oxygen atoms in total. The Morgan fingerprint density at radius 2 is 1.64 bits per heavy atom. The Labute approximate surface area is 155 Å². The number of aryl methyl sites for hydroxylation is 1. The van der Waals surface area contributed by atoms with Gasteiger partial charge in [-0.2, -0.15) is 4.31 Å². The molecule has 1 aliphatic rings. The van der Waals surface area contributed by atoms with Crippen molar-refractivity contribution in [2.45, 2.75) is 25.2 Å². The van der Waals surface area contributed by atoms with Gasteiger partial charge in [-0.1, -0.05) is 36.7 Å². The number of benzene rings is 2. The zero-order valence-corrected chi connectivity index (χ0v) is 16.1. The molecule has 0 spiro atoms. The molecule has 6 heteroatoms. The van der Waals surface area contributed by atoms with Crippen LogP contribution in [-0.2, 0) is 16.4 Å². The third-order valence-electron chi connectivity index (χ3n) is 4.79. The summed E-state index contributed by atoms with van der Waals surface area (Å²) < 4.78 is 27.2. The van der Waals surface area contributed by atoms with Gasteiger partial charge in [0, 0.05) is 36.9 Å². The second-order valence-corrected chi connectivity index (χ2v) is 8.62. The zero-order chi connectivity index (χ0) is 18.0. The smallest absolute Gasteiger partial charge is 0.243 e. The standard InChI is InChI=1S/C19H23ClN2O2S/c1-3-16-7-9-17(10-8-16)25(23,24)22-13-11-21(12-14-22)19-6-4-5-18(20)15(19)2/h4-10H,3,11-14H2,1-2H3. The first-order chi connectivity index (χ1) is 11.9. The van der Waals surface area contributed by atoms with Crippen LogP contribution in [0, 0.1) is 6.92 Å². The Hall–Kier alpha value is -1.56. The molecule has 2 aromatic rings. The number of hydrogen-bond acceptors (Lipinski definition) is 3. The quantitative estimate of drug-likeness (QED) is 0.814. The summed E-state index contributed by atoms with van der Waals surface area (Å²) in [6.45, 7) is 6.32. The van der Waals surface area contributed by atoms with Crippen molar-refractivity contribution in [3.63, 3.8) is 0 Å². The van der Waals surface area contributed by atoms with E-state index >= 15 is 0 Å². The molecule has 3 rings (SSSR count). The van der Waals surface area contributed by atoms with Crippen LogP contribution in [0.15, 0.2) is 47.4 Å². The molecular weight excluding hydrogens is 356 g/mol. The van der Waals surface area contributed by atoms with Crippen LogP contribution >= 0.6 is 11.6 Å². The minimum Gasteiger partial charge on any atom is -0.369 e. The van der Waals surface area contributed by atoms with E-state index < -0.39 is 10.0 Å². The van der Waals surface area contributed by atoms with Crippen molar-refractivity contribution in [1.82, 2.24) is 4.31 Å². The lowest BCUT2D eigenvalue weighted by Crippen LogP contribution is -2.48. The summed E-state index contributed by atoms with van der Waals surface area (Å²) in [5.41, 5.74) is 3.26. The molecule has 134 valence electrons. The molecule has 1 heterocycles. The molecule has 0 aromatic heterocycles. The predicted octanol–water partition coefficient (Wildman–Crippen LogP) is 3.72. The summed E-state index contributed by atoms with van der Waals surface area (Å²) in [4.78, 5) is 2.57. The monoisotopic (exact) mass is 378 g/mol. The Balaban J connectivity index is 1.73. The van der Waals surface area contributed by atoms with Crippen LogP contribution in [-0.4, -0.2) is 38.9 Å². The number of nitrogens with zero attached hydrogens (tertiary/aromatic N) is 2. The number of sulfonamides is 1. The topological polar surface area (TPSA) is 40.6 Å². The lowest BCUT2D eigenvalue weighted by molar-refractivity contribution is 0.384. The van der Waals surface area contributed by atoms with Gasteiger partial charge >= 0.3 is 0 Å². The van der Waals surface area contributed by atoms with Crippen LogP contribution in [0.1, 0.15) is 18.1 Å². The number of rotatable bonds is 4. The fourth-order valence-corrected chi connectivity index (χ4v) is 4.75. The molecule has 0 amide bonds. The molecule has 2 aromatic carbocycles. The number of halogens is 1. The number of anilines is 1. The SMILES string of the molecule is CCc1ccc(S(=O)(=O)N2CCN(c3cccc(Cl)c3C)CC2)cc1. The van der Waals surface area contributed by atoms with Gasteiger partial charge in [0.2, 0.25) is 10.0 Å². The first-order valence-electron chi connectivity index (χ1n) is 8.52. The second kappa shape index (κ2) is 7.36. The van der Waals surface area contributed by atoms with E-state index in [1.165, 1.54) is 0 Å². The van der Waals surface area contributed by atoms with E-state index in [0.29, 0.717) is 31.1 Å². The maximum absolute atomic E-state index is 12.8. The second-order valence-electron chi connectivity index (χ2n) is 6.27. The Kier molecular flexibility index (Phi) is 5.37. The normalized spacial score (nSPS) is 16.2. The summed E-state index contributed by atoms with van der Waals surface area (Å²) in [5, 5.41) is 0.739. The first kappa shape index (κ1) is 18.2. The Morgan fingerprint density at radius 1 is 1.00 bits per heavy atom. The van der Waals surface area contributed by atoms with Crippen molar-refractivity contribution in [3.8, 4) is 0 Å². The third kappa shape index (κ3) is 3.68. The molecule has 1 saturated heterocycles. The van der Waals surface area contributed by atoms with E-state index in [-0.39, 0.29) is 0 Å². The molecule has 0 bridgehead atoms. The van der Waals surface area contributed by atoms with Gasteiger partial charge in [-0.25, -0.2) is 8.42 Å². The maximum atomic E-state index is 12.8. The van der Waals surface area contributed by atoms with Crippen molar-refractivity contribution in [2.75, 3.05) is 31.1 Å². The largest absolute Gasteiger partial charge is 0.369 e. The van der Waals surface area contributed by atoms with Crippen molar-refractivity contribution in [1.29, 1.82) is 0 Å². The molecular formula is C19H23ClN2O2S. The average Bonchev–Trinajstić information content (AvgIpc) is 2.64. The van der Waals surface area contributed by atoms with Gasteiger partial charge in [-0.15, -0.1) is 0 Å². The molecule has 0 saturated carbocycles. The summed E-state index contributed by atoms with van der Waals surface area (Å²) >= 11 is 6.21. The van der Waals surface area contributed by atoms with E-state index in [1.807, 2.05) is 37.3 Å². The highest BCUT2D eigenvalue weighted by atomic mass is 35.5. The highest BCUT2D eigenvalue weighted by Gasteiger charge is 2.29. The summed E-state index contributed by atoms with van der Waals surface area (Å²) in [6, 6.07) is 13.0. The van der Waals surface area contributed by atoms with Gasteiger partial charge in [0.1, 0.15) is 0 Å². The van der Waals surface area contributed by atoms with Gasteiger partial charge < -0.3 is 4.90 Å². The zero-order valence-electron chi connectivity index (χ0n) is 14.6. The highest BCUT2D eigenvalue weighted by molar-refractivity contribution is 7.89. The summed E-state index contributed by atoms with van der Waals surface area (Å²) in [7, 11) is -3.43. The lowest BCUT2D eigenvalue weighted by Gasteiger charge is -2.36. The minimum absolute atomic E-state index is 0.372. The third-order valence-corrected chi connectivity index (χ3v) is 7.11. The van der Waals surface area contributed by atoms with E-state index in [9.17, 15) is 8.42 Å².